The molecule has 390 valence electrons. The van der Waals surface area contributed by atoms with Gasteiger partial charge >= 0.3 is 35.8 Å². The van der Waals surface area contributed by atoms with E-state index in [1.165, 1.54) is 72.8 Å². The molecule has 0 bridgehead atoms. The number of aliphatic hydroxyl groups is 1. The van der Waals surface area contributed by atoms with Crippen LogP contribution in [0.1, 0.15) is 62.1 Å². The zero-order chi connectivity index (χ0) is 53.2. The summed E-state index contributed by atoms with van der Waals surface area (Å²) >= 11 is 0. The van der Waals surface area contributed by atoms with Crippen LogP contribution < -0.4 is 0 Å². The Kier molecular flexibility index (Phi) is 18.6. The van der Waals surface area contributed by atoms with E-state index in [1.54, 1.807) is 109 Å². The fourth-order valence-corrected chi connectivity index (χ4v) is 8.16. The first-order chi connectivity index (χ1) is 37.1. The largest absolute Gasteiger partial charge is 0.459 e. The molecule has 0 amide bonds. The predicted molar refractivity (Wildman–Crippen MR) is 264 cm³/mol. The van der Waals surface area contributed by atoms with Crippen LogP contribution in [-0.2, 0) is 47.4 Å². The predicted octanol–water partition coefficient (Wildman–Crippen LogP) is 7.13. The number of nitrogens with zero attached hydrogens (tertiary/aromatic N) is 3. The van der Waals surface area contributed by atoms with E-state index in [-0.39, 0.29) is 46.5 Å². The maximum Gasteiger partial charge on any atom is 0.338 e. The highest BCUT2D eigenvalue weighted by Crippen LogP contribution is 2.37. The van der Waals surface area contributed by atoms with E-state index in [0.717, 1.165) is 0 Å². The molecule has 8 rings (SSSR count). The van der Waals surface area contributed by atoms with Gasteiger partial charge in [0.05, 0.1) is 46.6 Å². The molecule has 2 saturated heterocycles. The summed E-state index contributed by atoms with van der Waals surface area (Å²) in [7, 11) is 0. The van der Waals surface area contributed by atoms with E-state index in [1.807, 2.05) is 0 Å². The van der Waals surface area contributed by atoms with Crippen LogP contribution in [0.5, 0.6) is 0 Å². The zero-order valence-corrected chi connectivity index (χ0v) is 40.2. The molecule has 6 aromatic carbocycles. The van der Waals surface area contributed by atoms with Crippen molar-refractivity contribution in [3.05, 3.63) is 226 Å². The smallest absolute Gasteiger partial charge is 0.338 e. The van der Waals surface area contributed by atoms with Gasteiger partial charge in [-0.25, -0.2) is 28.8 Å². The first-order valence-electron chi connectivity index (χ1n) is 23.8. The molecular formula is C56H49N3O17. The Morgan fingerprint density at radius 3 is 1.14 bits per heavy atom. The van der Waals surface area contributed by atoms with Gasteiger partial charge in [0.2, 0.25) is 0 Å². The molecule has 20 heteroatoms. The van der Waals surface area contributed by atoms with Gasteiger partial charge in [-0.1, -0.05) is 114 Å². The Hall–Kier alpha value is -8.75. The number of ether oxygens (including phenoxy) is 10. The molecule has 0 aromatic heterocycles. The number of hydrogen-bond acceptors (Lipinski definition) is 18. The number of hydrogen-bond donors (Lipinski definition) is 1. The van der Waals surface area contributed by atoms with E-state index >= 15 is 0 Å². The topological polar surface area (TPSA) is 264 Å². The minimum Gasteiger partial charge on any atom is -0.459 e. The van der Waals surface area contributed by atoms with E-state index < -0.39 is 110 Å². The summed E-state index contributed by atoms with van der Waals surface area (Å²) in [5, 5.41) is 14.5. The lowest BCUT2D eigenvalue weighted by atomic mass is 9.95. The van der Waals surface area contributed by atoms with Gasteiger partial charge < -0.3 is 52.5 Å². The van der Waals surface area contributed by atoms with Crippen molar-refractivity contribution in [3.8, 4) is 0 Å². The van der Waals surface area contributed by atoms with Gasteiger partial charge in [0.25, 0.3) is 0 Å². The fraction of sp³-hybridized carbons (Fsp3) is 0.250. The molecule has 1 N–H and O–H groups in total. The average molecular weight is 1040 g/mol. The molecule has 2 heterocycles. The van der Waals surface area contributed by atoms with Crippen molar-refractivity contribution in [2.24, 2.45) is 5.11 Å². The van der Waals surface area contributed by atoms with Crippen LogP contribution in [0.15, 0.2) is 187 Å². The molecule has 0 spiro atoms. The summed E-state index contributed by atoms with van der Waals surface area (Å²) in [5.41, 5.74) is 9.31. The lowest BCUT2D eigenvalue weighted by molar-refractivity contribution is -0.356. The summed E-state index contributed by atoms with van der Waals surface area (Å²) in [5.74, 6) is -5.75. The maximum atomic E-state index is 14.4. The standard InChI is InChI=1S/C56H49N3O17/c57-59-58-31-32-67-55-47(74-53(65)39-27-15-5-16-28-39)46(43(41(33-60)69-55)71-50(62)36-21-9-2-10-22-36)76-56-48(75-54(66)40-29-17-6-18-30-40)45(73-52(64)38-25-13-4-14-26-38)44(72-51(63)37-23-11-3-12-24-37)42(70-56)34-68-49(61)35-19-7-1-8-20-35/h1-30,41-48,55-56,60H,31-34H2/t41-,42-,43-,44-,45+,46+,47+,48+,55+,56-/m1/s1. The van der Waals surface area contributed by atoms with Gasteiger partial charge in [0.1, 0.15) is 24.9 Å². The minimum atomic E-state index is -2.06. The average Bonchev–Trinajstić information content (AvgIpc) is 3.48. The van der Waals surface area contributed by atoms with Crippen LogP contribution in [0.4, 0.5) is 0 Å². The van der Waals surface area contributed by atoms with E-state index in [0.29, 0.717) is 0 Å². The summed E-state index contributed by atoms with van der Waals surface area (Å²) in [6.07, 6.45) is -18.1. The van der Waals surface area contributed by atoms with Gasteiger partial charge in [0, 0.05) is 11.5 Å². The first kappa shape index (κ1) is 53.5. The molecule has 2 aliphatic rings. The summed E-state index contributed by atoms with van der Waals surface area (Å²) in [6.45, 7) is -2.21. The molecule has 0 aliphatic carbocycles. The molecule has 6 aromatic rings. The lowest BCUT2D eigenvalue weighted by Gasteiger charge is -2.48. The van der Waals surface area contributed by atoms with Crippen molar-refractivity contribution < 1.29 is 81.2 Å². The Morgan fingerprint density at radius 2 is 0.763 bits per heavy atom. The highest BCUT2D eigenvalue weighted by atomic mass is 16.8. The molecule has 2 fully saturated rings. The monoisotopic (exact) mass is 1040 g/mol. The van der Waals surface area contributed by atoms with E-state index in [4.69, 9.17) is 52.9 Å². The number of rotatable bonds is 20. The lowest BCUT2D eigenvalue weighted by Crippen LogP contribution is -2.67. The molecule has 0 radical (unpaired) electrons. The second kappa shape index (κ2) is 26.5. The fourth-order valence-electron chi connectivity index (χ4n) is 8.16. The van der Waals surface area contributed by atoms with Crippen LogP contribution in [0.2, 0.25) is 0 Å². The molecule has 0 saturated carbocycles. The Labute approximate surface area is 434 Å². The van der Waals surface area contributed by atoms with Crippen LogP contribution in [0, 0.1) is 0 Å². The highest BCUT2D eigenvalue weighted by Gasteiger charge is 2.58. The Balaban J connectivity index is 1.29. The normalized spacial score (nSPS) is 22.8. The second-order valence-electron chi connectivity index (χ2n) is 16.8. The first-order valence-corrected chi connectivity index (χ1v) is 23.8. The summed E-state index contributed by atoms with van der Waals surface area (Å²) in [4.78, 5) is 87.6. The molecule has 76 heavy (non-hydrogen) atoms. The third kappa shape index (κ3) is 13.7. The van der Waals surface area contributed by atoms with Crippen molar-refractivity contribution in [1.29, 1.82) is 0 Å². The van der Waals surface area contributed by atoms with Crippen molar-refractivity contribution in [1.82, 2.24) is 0 Å². The zero-order valence-electron chi connectivity index (χ0n) is 40.2. The summed E-state index contributed by atoms with van der Waals surface area (Å²) < 4.78 is 62.5. The number of esters is 6. The number of azide groups is 1. The molecule has 2 aliphatic heterocycles. The van der Waals surface area contributed by atoms with Crippen LogP contribution in [-0.4, -0.2) is 129 Å². The highest BCUT2D eigenvalue weighted by molar-refractivity contribution is 5.92. The SMILES string of the molecule is [N-]=[N+]=NCCO[C@H]1O[C@H](CO)[C@@H](OC(=O)c2ccccc2)[C@H](O[C@H]2O[C@H](COC(=O)c3ccccc3)[C@@H](OC(=O)c3ccccc3)[C@H](OC(=O)c3ccccc3)[C@@H]2OC(=O)c2ccccc2)[C@@H]1OC(=O)c1ccccc1. The number of aliphatic hydroxyl groups excluding tert-OH is 1. The van der Waals surface area contributed by atoms with Gasteiger partial charge in [-0.05, 0) is 78.3 Å². The number of benzene rings is 6. The molecule has 0 unspecified atom stereocenters. The van der Waals surface area contributed by atoms with Gasteiger partial charge in [-0.15, -0.1) is 0 Å². The van der Waals surface area contributed by atoms with Gasteiger partial charge in [0.15, 0.2) is 43.1 Å². The van der Waals surface area contributed by atoms with Gasteiger partial charge in [-0.2, -0.15) is 0 Å². The molecule has 20 nitrogen and oxygen atoms in total. The number of carbonyl (C=O) groups excluding carboxylic acids is 6. The van der Waals surface area contributed by atoms with Crippen molar-refractivity contribution in [2.75, 3.05) is 26.4 Å². The Morgan fingerprint density at radius 1 is 0.434 bits per heavy atom. The Bertz CT molecular complexity index is 2940. The minimum absolute atomic E-state index is 0.00429. The van der Waals surface area contributed by atoms with Crippen LogP contribution >= 0.6 is 0 Å². The third-order valence-corrected chi connectivity index (χ3v) is 11.8. The quantitative estimate of drug-likeness (QED) is 0.0199. The van der Waals surface area contributed by atoms with Crippen molar-refractivity contribution >= 4 is 35.8 Å². The molecule has 10 atom stereocenters. The van der Waals surface area contributed by atoms with Crippen molar-refractivity contribution in [3.63, 3.8) is 0 Å². The molecular weight excluding hydrogens is 987 g/mol. The second-order valence-corrected chi connectivity index (χ2v) is 16.8. The number of carbonyl (C=O) groups is 6. The van der Waals surface area contributed by atoms with Crippen LogP contribution in [0.3, 0.4) is 0 Å². The van der Waals surface area contributed by atoms with E-state index in [2.05, 4.69) is 10.0 Å². The maximum absolute atomic E-state index is 14.4. The van der Waals surface area contributed by atoms with Crippen LogP contribution in [0.25, 0.3) is 10.4 Å². The van der Waals surface area contributed by atoms with Gasteiger partial charge in [-0.3, -0.25) is 0 Å². The van der Waals surface area contributed by atoms with Crippen molar-refractivity contribution in [2.45, 2.75) is 61.4 Å². The summed E-state index contributed by atoms with van der Waals surface area (Å²) in [6, 6.07) is 46.4. The van der Waals surface area contributed by atoms with E-state index in [9.17, 15) is 33.9 Å². The third-order valence-electron chi connectivity index (χ3n) is 11.8.